The van der Waals surface area contributed by atoms with E-state index in [-0.39, 0.29) is 48.9 Å². The second-order valence-electron chi connectivity index (χ2n) is 2.64. The van der Waals surface area contributed by atoms with Crippen LogP contribution in [0.1, 0.15) is 0 Å². The van der Waals surface area contributed by atoms with Gasteiger partial charge < -0.3 is 0 Å². The molecule has 0 fully saturated rings. The molecule has 1 heterocycles. The van der Waals surface area contributed by atoms with Crippen LogP contribution in [0.5, 0.6) is 0 Å². The molecule has 2 rings (SSSR count). The largest absolute Gasteiger partial charge is 0.394 e. The van der Waals surface area contributed by atoms with Crippen LogP contribution in [0.3, 0.4) is 0 Å². The van der Waals surface area contributed by atoms with Crippen LogP contribution in [-0.2, 0) is 10.4 Å². The summed E-state index contributed by atoms with van der Waals surface area (Å²) in [6.07, 6.45) is 1.81. The number of benzene rings is 1. The van der Waals surface area contributed by atoms with E-state index < -0.39 is 10.4 Å². The molecule has 7 heteroatoms. The SMILES string of the molecule is O=S(=O)(O)O.[Ba].c1ccc2ncccc2c1. The maximum atomic E-state index is 8.74. The minimum atomic E-state index is -4.67. The molecule has 0 aliphatic heterocycles. The predicted octanol–water partition coefficient (Wildman–Crippen LogP) is 1.20. The van der Waals surface area contributed by atoms with E-state index in [1.54, 1.807) is 0 Å². The Kier molecular flexibility index (Phi) is 7.44. The molecule has 0 saturated heterocycles. The number of hydrogen-bond donors (Lipinski definition) is 2. The Morgan fingerprint density at radius 1 is 1.00 bits per heavy atom. The second-order valence-corrected chi connectivity index (χ2v) is 3.54. The molecule has 0 aliphatic rings. The van der Waals surface area contributed by atoms with Crippen LogP contribution in [0.4, 0.5) is 0 Å². The number of hydrogen-bond acceptors (Lipinski definition) is 3. The Morgan fingerprint density at radius 3 is 2.06 bits per heavy atom. The molecule has 1 aromatic heterocycles. The summed E-state index contributed by atoms with van der Waals surface area (Å²) in [6.45, 7) is 0. The minimum Gasteiger partial charge on any atom is -0.264 e. The van der Waals surface area contributed by atoms with E-state index >= 15 is 0 Å². The number of fused-ring (bicyclic) bond motifs is 1. The van der Waals surface area contributed by atoms with Gasteiger partial charge in [0.05, 0.1) is 5.52 Å². The van der Waals surface area contributed by atoms with E-state index in [4.69, 9.17) is 17.5 Å². The molecule has 0 unspecified atom stereocenters. The normalized spacial score (nSPS) is 9.88. The van der Waals surface area contributed by atoms with E-state index in [0.717, 1.165) is 5.52 Å². The maximum absolute atomic E-state index is 8.74. The number of para-hydroxylation sites is 1. The molecule has 0 spiro atoms. The van der Waals surface area contributed by atoms with Gasteiger partial charge in [0.15, 0.2) is 0 Å². The summed E-state index contributed by atoms with van der Waals surface area (Å²) in [7, 11) is -4.67. The van der Waals surface area contributed by atoms with Crippen molar-refractivity contribution >= 4 is 70.2 Å². The van der Waals surface area contributed by atoms with E-state index in [1.165, 1.54) is 5.39 Å². The molecule has 82 valence electrons. The summed E-state index contributed by atoms with van der Waals surface area (Å²) in [6, 6.07) is 12.1. The number of rotatable bonds is 0. The molecule has 5 nitrogen and oxygen atoms in total. The van der Waals surface area contributed by atoms with Crippen molar-refractivity contribution < 1.29 is 17.5 Å². The summed E-state index contributed by atoms with van der Waals surface area (Å²) in [5, 5.41) is 1.20. The average molecular weight is 365 g/mol. The zero-order valence-corrected chi connectivity index (χ0v) is 13.6. The van der Waals surface area contributed by atoms with Gasteiger partial charge in [-0.25, -0.2) is 0 Å². The topological polar surface area (TPSA) is 87.5 Å². The van der Waals surface area contributed by atoms with Gasteiger partial charge in [0.25, 0.3) is 0 Å². The van der Waals surface area contributed by atoms with Crippen molar-refractivity contribution in [3.05, 3.63) is 42.6 Å². The smallest absolute Gasteiger partial charge is 0.264 e. The molecule has 1 aromatic carbocycles. The van der Waals surface area contributed by atoms with Gasteiger partial charge in [-0.15, -0.1) is 0 Å². The molecule has 0 saturated carbocycles. The molecule has 0 aliphatic carbocycles. The number of pyridine rings is 1. The maximum Gasteiger partial charge on any atom is 0.394 e. The molecule has 0 amide bonds. The van der Waals surface area contributed by atoms with E-state index in [0.29, 0.717) is 0 Å². The first kappa shape index (κ1) is 16.1. The van der Waals surface area contributed by atoms with Gasteiger partial charge in [0.1, 0.15) is 0 Å². The van der Waals surface area contributed by atoms with Crippen molar-refractivity contribution in [2.45, 2.75) is 0 Å². The van der Waals surface area contributed by atoms with Crippen molar-refractivity contribution in [2.75, 3.05) is 0 Å². The van der Waals surface area contributed by atoms with Gasteiger partial charge >= 0.3 is 10.4 Å². The molecular weight excluding hydrogens is 355 g/mol. The minimum absolute atomic E-state index is 0. The van der Waals surface area contributed by atoms with Crippen molar-refractivity contribution in [1.82, 2.24) is 4.98 Å². The molecule has 0 bridgehead atoms. The van der Waals surface area contributed by atoms with Crippen LogP contribution < -0.4 is 0 Å². The van der Waals surface area contributed by atoms with Crippen LogP contribution in [0, 0.1) is 0 Å². The van der Waals surface area contributed by atoms with Crippen LogP contribution in [-0.4, -0.2) is 71.4 Å². The van der Waals surface area contributed by atoms with Crippen molar-refractivity contribution in [3.8, 4) is 0 Å². The number of nitrogens with zero attached hydrogens (tertiary/aromatic N) is 1. The number of aromatic nitrogens is 1. The Hall–Kier alpha value is 0.0714. The third-order valence-electron chi connectivity index (χ3n) is 1.51. The molecule has 2 radical (unpaired) electrons. The van der Waals surface area contributed by atoms with Gasteiger partial charge in [0, 0.05) is 60.5 Å². The van der Waals surface area contributed by atoms with Crippen LogP contribution >= 0.6 is 0 Å². The summed E-state index contributed by atoms with van der Waals surface area (Å²) >= 11 is 0. The Labute approximate surface area is 134 Å². The van der Waals surface area contributed by atoms with E-state index in [9.17, 15) is 0 Å². The fourth-order valence-corrected chi connectivity index (χ4v) is 1.02. The van der Waals surface area contributed by atoms with Crippen LogP contribution in [0.15, 0.2) is 42.6 Å². The Balaban J connectivity index is 0.000000330. The quantitative estimate of drug-likeness (QED) is 0.542. The fourth-order valence-electron chi connectivity index (χ4n) is 1.02. The van der Waals surface area contributed by atoms with Crippen molar-refractivity contribution in [3.63, 3.8) is 0 Å². The Morgan fingerprint density at radius 2 is 1.50 bits per heavy atom. The standard InChI is InChI=1S/C9H7N.Ba.H2O4S/c1-2-6-9-8(4-1)5-3-7-10-9;;1-5(2,3)4/h1-7H;;(H2,1,2,3,4). The zero-order valence-electron chi connectivity index (χ0n) is 8.31. The van der Waals surface area contributed by atoms with Gasteiger partial charge in [-0.1, -0.05) is 24.3 Å². The monoisotopic (exact) mass is 365 g/mol. The molecule has 2 aromatic rings. The molecule has 2 N–H and O–H groups in total. The summed E-state index contributed by atoms with van der Waals surface area (Å²) < 4.78 is 31.6. The van der Waals surface area contributed by atoms with E-state index in [2.05, 4.69) is 17.1 Å². The zero-order chi connectivity index (χ0) is 11.3. The third-order valence-corrected chi connectivity index (χ3v) is 1.51. The summed E-state index contributed by atoms with van der Waals surface area (Å²) in [5.74, 6) is 0. The average Bonchev–Trinajstić information content (AvgIpc) is 2.16. The second kappa shape index (κ2) is 7.41. The van der Waals surface area contributed by atoms with Gasteiger partial charge in [-0.05, 0) is 12.1 Å². The summed E-state index contributed by atoms with van der Waals surface area (Å²) in [4.78, 5) is 4.18. The van der Waals surface area contributed by atoms with Crippen molar-refractivity contribution in [2.24, 2.45) is 0 Å². The van der Waals surface area contributed by atoms with E-state index in [1.807, 2.05) is 30.5 Å². The fraction of sp³-hybridized carbons (Fsp3) is 0. The first-order valence-electron chi connectivity index (χ1n) is 3.96. The first-order chi connectivity index (χ1) is 6.97. The molecular formula is C9H9BaNO4S. The first-order valence-corrected chi connectivity index (χ1v) is 5.36. The molecule has 16 heavy (non-hydrogen) atoms. The Bertz CT molecular complexity index is 470. The summed E-state index contributed by atoms with van der Waals surface area (Å²) in [5.41, 5.74) is 1.06. The van der Waals surface area contributed by atoms with Gasteiger partial charge in [-0.2, -0.15) is 8.42 Å². The van der Waals surface area contributed by atoms with Crippen LogP contribution in [0.2, 0.25) is 0 Å². The van der Waals surface area contributed by atoms with Gasteiger partial charge in [-0.3, -0.25) is 14.1 Å². The van der Waals surface area contributed by atoms with Crippen LogP contribution in [0.25, 0.3) is 10.9 Å². The predicted molar refractivity (Wildman–Crippen MR) is 61.7 cm³/mol. The molecule has 0 atom stereocenters. The van der Waals surface area contributed by atoms with Crippen molar-refractivity contribution in [1.29, 1.82) is 0 Å². The van der Waals surface area contributed by atoms with Gasteiger partial charge in [0.2, 0.25) is 0 Å². The third kappa shape index (κ3) is 7.36.